The molecule has 0 atom stereocenters. The lowest BCUT2D eigenvalue weighted by Gasteiger charge is -2.34. The van der Waals surface area contributed by atoms with E-state index in [1.54, 1.807) is 4.90 Å². The van der Waals surface area contributed by atoms with Crippen LogP contribution < -0.4 is 10.0 Å². The quantitative estimate of drug-likeness (QED) is 0.433. The van der Waals surface area contributed by atoms with Gasteiger partial charge < -0.3 is 10.2 Å². The predicted molar refractivity (Wildman–Crippen MR) is 143 cm³/mol. The van der Waals surface area contributed by atoms with Crippen LogP contribution in [0.1, 0.15) is 10.4 Å². The van der Waals surface area contributed by atoms with Gasteiger partial charge in [-0.15, -0.1) is 12.4 Å². The summed E-state index contributed by atoms with van der Waals surface area (Å²) in [5.41, 5.74) is 0.755. The Labute approximate surface area is 230 Å². The molecule has 3 aromatic carbocycles. The highest BCUT2D eigenvalue weighted by Gasteiger charge is 2.24. The van der Waals surface area contributed by atoms with Crippen LogP contribution in [-0.2, 0) is 14.8 Å². The molecule has 8 nitrogen and oxygen atoms in total. The predicted octanol–water partition coefficient (Wildman–Crippen LogP) is 4.24. The SMILES string of the molecule is Cl.O=C(CN1CCN(C(=O)c2ccc(Cl)c(NS(=O)(=O)c3ccc(F)cc3)c2)CC1)Nc1ccc(F)cc1. The fourth-order valence-electron chi connectivity index (χ4n) is 3.78. The van der Waals surface area contributed by atoms with Crippen LogP contribution in [-0.4, -0.2) is 62.8 Å². The lowest BCUT2D eigenvalue weighted by Crippen LogP contribution is -2.50. The molecule has 0 unspecified atom stereocenters. The van der Waals surface area contributed by atoms with E-state index in [0.29, 0.717) is 31.9 Å². The van der Waals surface area contributed by atoms with Gasteiger partial charge >= 0.3 is 0 Å². The minimum Gasteiger partial charge on any atom is -0.336 e. The van der Waals surface area contributed by atoms with Crippen molar-refractivity contribution < 1.29 is 26.8 Å². The van der Waals surface area contributed by atoms with E-state index in [-0.39, 0.29) is 51.9 Å². The fraction of sp³-hybridized carbons (Fsp3) is 0.200. The minimum absolute atomic E-state index is 0. The third-order valence-electron chi connectivity index (χ3n) is 5.74. The second-order valence-electron chi connectivity index (χ2n) is 8.38. The number of carbonyl (C=O) groups excluding carboxylic acids is 2. The van der Waals surface area contributed by atoms with E-state index in [9.17, 15) is 26.8 Å². The van der Waals surface area contributed by atoms with E-state index in [1.165, 1.54) is 42.5 Å². The Morgan fingerprint density at radius 3 is 2.05 bits per heavy atom. The number of benzene rings is 3. The number of hydrogen-bond acceptors (Lipinski definition) is 5. The Morgan fingerprint density at radius 1 is 0.868 bits per heavy atom. The monoisotopic (exact) mass is 584 g/mol. The van der Waals surface area contributed by atoms with Gasteiger partial charge in [0.2, 0.25) is 5.91 Å². The van der Waals surface area contributed by atoms with Crippen LogP contribution in [0.15, 0.2) is 71.6 Å². The number of sulfonamides is 1. The summed E-state index contributed by atoms with van der Waals surface area (Å²) in [7, 11) is -4.05. The molecule has 13 heteroatoms. The van der Waals surface area contributed by atoms with Crippen molar-refractivity contribution in [3.8, 4) is 0 Å². The molecule has 0 aromatic heterocycles. The van der Waals surface area contributed by atoms with Crippen LogP contribution in [0.5, 0.6) is 0 Å². The van der Waals surface area contributed by atoms with Crippen molar-refractivity contribution in [2.45, 2.75) is 4.90 Å². The average molecular weight is 585 g/mol. The summed E-state index contributed by atoms with van der Waals surface area (Å²) in [6.07, 6.45) is 0. The summed E-state index contributed by atoms with van der Waals surface area (Å²) in [5.74, 6) is -1.52. The van der Waals surface area contributed by atoms with Crippen molar-refractivity contribution in [2.75, 3.05) is 42.8 Å². The van der Waals surface area contributed by atoms with Crippen LogP contribution in [0.25, 0.3) is 0 Å². The Bertz CT molecular complexity index is 1400. The van der Waals surface area contributed by atoms with Crippen molar-refractivity contribution in [3.63, 3.8) is 0 Å². The van der Waals surface area contributed by atoms with Gasteiger partial charge in [-0.2, -0.15) is 0 Å². The molecule has 0 radical (unpaired) electrons. The second kappa shape index (κ2) is 12.5. The number of nitrogens with one attached hydrogen (secondary N) is 2. The first-order valence-electron chi connectivity index (χ1n) is 11.3. The Balaban J connectivity index is 0.00000400. The summed E-state index contributed by atoms with van der Waals surface area (Å²) in [6.45, 7) is 1.76. The smallest absolute Gasteiger partial charge is 0.261 e. The molecule has 2 N–H and O–H groups in total. The van der Waals surface area contributed by atoms with Crippen LogP contribution in [0, 0.1) is 11.6 Å². The standard InChI is InChI=1S/C25H23ClF2N4O4S.ClH/c26-22-10-1-17(15-23(22)30-37(35,36)21-8-4-19(28)5-9-21)25(34)32-13-11-31(12-14-32)16-24(33)29-20-6-2-18(27)3-7-20;/h1-10,15,30H,11-14,16H2,(H,29,33);1H. The van der Waals surface area contributed by atoms with Crippen LogP contribution >= 0.6 is 24.0 Å². The van der Waals surface area contributed by atoms with Gasteiger partial charge in [-0.1, -0.05) is 11.6 Å². The summed E-state index contributed by atoms with van der Waals surface area (Å²) >= 11 is 6.16. The molecule has 0 spiro atoms. The van der Waals surface area contributed by atoms with E-state index in [2.05, 4.69) is 10.0 Å². The first-order valence-corrected chi connectivity index (χ1v) is 13.1. The third-order valence-corrected chi connectivity index (χ3v) is 7.45. The Morgan fingerprint density at radius 2 is 1.45 bits per heavy atom. The lowest BCUT2D eigenvalue weighted by atomic mass is 10.1. The Kier molecular flexibility index (Phi) is 9.66. The molecule has 1 fully saturated rings. The summed E-state index contributed by atoms with van der Waals surface area (Å²) in [5, 5.41) is 2.80. The van der Waals surface area contributed by atoms with Crippen LogP contribution in [0.3, 0.4) is 0 Å². The number of piperazine rings is 1. The molecule has 202 valence electrons. The number of carbonyl (C=O) groups is 2. The number of halogens is 4. The average Bonchev–Trinajstić information content (AvgIpc) is 2.87. The van der Waals surface area contributed by atoms with Crippen molar-refractivity contribution in [2.24, 2.45) is 0 Å². The number of amides is 2. The molecule has 3 aromatic rings. The zero-order chi connectivity index (χ0) is 26.6. The van der Waals surface area contributed by atoms with E-state index in [0.717, 1.165) is 24.3 Å². The number of hydrogen-bond donors (Lipinski definition) is 2. The first-order chi connectivity index (χ1) is 17.6. The normalized spacial score (nSPS) is 13.9. The second-order valence-corrected chi connectivity index (χ2v) is 10.5. The molecule has 1 aliphatic rings. The maximum absolute atomic E-state index is 13.2. The number of nitrogens with zero attached hydrogens (tertiary/aromatic N) is 2. The van der Waals surface area contributed by atoms with Crippen LogP contribution in [0.2, 0.25) is 5.02 Å². The minimum atomic E-state index is -4.05. The maximum atomic E-state index is 13.2. The number of rotatable bonds is 7. The van der Waals surface area contributed by atoms with Gasteiger partial charge in [-0.05, 0) is 66.7 Å². The molecule has 4 rings (SSSR count). The summed E-state index contributed by atoms with van der Waals surface area (Å²) in [6, 6.07) is 14.1. The van der Waals surface area contributed by atoms with Crippen molar-refractivity contribution in [3.05, 3.63) is 89.0 Å². The largest absolute Gasteiger partial charge is 0.336 e. The van der Waals surface area contributed by atoms with Gasteiger partial charge in [-0.25, -0.2) is 17.2 Å². The van der Waals surface area contributed by atoms with E-state index in [1.807, 2.05) is 4.90 Å². The van der Waals surface area contributed by atoms with Gasteiger partial charge in [0.15, 0.2) is 0 Å². The topological polar surface area (TPSA) is 98.8 Å². The van der Waals surface area contributed by atoms with E-state index < -0.39 is 21.7 Å². The molecule has 0 bridgehead atoms. The highest BCUT2D eigenvalue weighted by Crippen LogP contribution is 2.27. The van der Waals surface area contributed by atoms with Crippen molar-refractivity contribution >= 4 is 57.2 Å². The van der Waals surface area contributed by atoms with Gasteiger partial charge in [-0.3, -0.25) is 19.2 Å². The molecule has 1 aliphatic heterocycles. The first kappa shape index (κ1) is 29.3. The summed E-state index contributed by atoms with van der Waals surface area (Å²) < 4.78 is 53.8. The van der Waals surface area contributed by atoms with Gasteiger partial charge in [0, 0.05) is 37.4 Å². The summed E-state index contributed by atoms with van der Waals surface area (Å²) in [4.78, 5) is 28.7. The van der Waals surface area contributed by atoms with Crippen molar-refractivity contribution in [1.82, 2.24) is 9.80 Å². The van der Waals surface area contributed by atoms with E-state index in [4.69, 9.17) is 11.6 Å². The molecular formula is C25H24Cl2F2N4O4S. The van der Waals surface area contributed by atoms with Gasteiger partial charge in [0.1, 0.15) is 11.6 Å². The molecule has 0 aliphatic carbocycles. The lowest BCUT2D eigenvalue weighted by molar-refractivity contribution is -0.117. The Hall–Kier alpha value is -3.25. The van der Waals surface area contributed by atoms with Crippen molar-refractivity contribution in [1.29, 1.82) is 0 Å². The zero-order valence-electron chi connectivity index (χ0n) is 19.9. The van der Waals surface area contributed by atoms with Crippen LogP contribution in [0.4, 0.5) is 20.2 Å². The third kappa shape index (κ3) is 7.41. The molecular weight excluding hydrogens is 561 g/mol. The van der Waals surface area contributed by atoms with Gasteiger partial charge in [0.25, 0.3) is 15.9 Å². The molecule has 1 saturated heterocycles. The highest BCUT2D eigenvalue weighted by atomic mass is 35.5. The molecule has 2 amide bonds. The zero-order valence-corrected chi connectivity index (χ0v) is 22.3. The maximum Gasteiger partial charge on any atom is 0.261 e. The highest BCUT2D eigenvalue weighted by molar-refractivity contribution is 7.92. The van der Waals surface area contributed by atoms with E-state index >= 15 is 0 Å². The van der Waals surface area contributed by atoms with Gasteiger partial charge in [0.05, 0.1) is 22.2 Å². The molecule has 38 heavy (non-hydrogen) atoms. The molecule has 0 saturated carbocycles. The fourth-order valence-corrected chi connectivity index (χ4v) is 5.07. The number of anilines is 2. The molecule has 1 heterocycles.